The van der Waals surface area contributed by atoms with Crippen LogP contribution in [0, 0.1) is 0 Å². The first-order valence-corrected chi connectivity index (χ1v) is 5.51. The van der Waals surface area contributed by atoms with Gasteiger partial charge in [-0.05, 0) is 19.8 Å². The summed E-state index contributed by atoms with van der Waals surface area (Å²) in [5, 5.41) is 9.18. The van der Waals surface area contributed by atoms with Crippen LogP contribution in [0.4, 0.5) is 0 Å². The quantitative estimate of drug-likeness (QED) is 0.295. The molecule has 0 spiro atoms. The van der Waals surface area contributed by atoms with E-state index in [1.807, 2.05) is 6.92 Å². The van der Waals surface area contributed by atoms with E-state index < -0.39 is 0 Å². The summed E-state index contributed by atoms with van der Waals surface area (Å²) in [7, 11) is 0. The number of guanidine groups is 1. The van der Waals surface area contributed by atoms with Gasteiger partial charge in [0.2, 0.25) is 5.91 Å². The molecule has 0 aromatic heterocycles. The number of carbonyl (C=O) groups excluding carboxylic acids is 1. The van der Waals surface area contributed by atoms with Crippen molar-refractivity contribution in [2.24, 2.45) is 4.99 Å². The molecule has 0 aromatic carbocycles. The number of halogens is 1. The van der Waals surface area contributed by atoms with E-state index in [1.54, 1.807) is 0 Å². The molecule has 5 nitrogen and oxygen atoms in total. The molecule has 94 valence electrons. The minimum absolute atomic E-state index is 0. The average molecular weight is 340 g/mol. The van der Waals surface area contributed by atoms with Crippen molar-refractivity contribution in [3.63, 3.8) is 0 Å². The second kappa shape index (κ2) is 8.60. The lowest BCUT2D eigenvalue weighted by Gasteiger charge is -2.09. The van der Waals surface area contributed by atoms with Crippen LogP contribution in [0.1, 0.15) is 26.7 Å². The molecule has 1 aliphatic rings. The molecular formula is C10H21IN4O. The van der Waals surface area contributed by atoms with Gasteiger partial charge in [0, 0.05) is 26.1 Å². The van der Waals surface area contributed by atoms with Gasteiger partial charge in [-0.15, -0.1) is 24.0 Å². The van der Waals surface area contributed by atoms with E-state index in [4.69, 9.17) is 0 Å². The first kappa shape index (κ1) is 15.5. The molecule has 0 unspecified atom stereocenters. The van der Waals surface area contributed by atoms with Gasteiger partial charge in [0.05, 0.1) is 6.54 Å². The van der Waals surface area contributed by atoms with Gasteiger partial charge in [-0.2, -0.15) is 0 Å². The molecule has 0 atom stereocenters. The van der Waals surface area contributed by atoms with E-state index in [0.29, 0.717) is 19.1 Å². The number of amides is 1. The Morgan fingerprint density at radius 3 is 2.56 bits per heavy atom. The van der Waals surface area contributed by atoms with Crippen LogP contribution in [0.2, 0.25) is 0 Å². The SMILES string of the molecule is CCNC(=NCCNC(C)=O)NC1CC1.I. The number of aliphatic imine (C=N–C) groups is 1. The van der Waals surface area contributed by atoms with Gasteiger partial charge >= 0.3 is 0 Å². The maximum absolute atomic E-state index is 10.6. The van der Waals surface area contributed by atoms with Crippen LogP contribution in [0.5, 0.6) is 0 Å². The standard InChI is InChI=1S/C10H20N4O.HI/c1-3-11-10(14-9-4-5-9)13-7-6-12-8(2)15;/h9H,3-7H2,1-2H3,(H,12,15)(H2,11,13,14);1H. The molecule has 0 saturated heterocycles. The number of nitrogens with zero attached hydrogens (tertiary/aromatic N) is 1. The van der Waals surface area contributed by atoms with Crippen LogP contribution in [0.15, 0.2) is 4.99 Å². The summed E-state index contributed by atoms with van der Waals surface area (Å²) in [5.74, 6) is 0.843. The van der Waals surface area contributed by atoms with Gasteiger partial charge in [-0.3, -0.25) is 9.79 Å². The smallest absolute Gasteiger partial charge is 0.216 e. The Balaban J connectivity index is 0.00000225. The van der Waals surface area contributed by atoms with E-state index in [9.17, 15) is 4.79 Å². The van der Waals surface area contributed by atoms with Crippen LogP contribution in [0.3, 0.4) is 0 Å². The zero-order valence-corrected chi connectivity index (χ0v) is 12.2. The fraction of sp³-hybridized carbons (Fsp3) is 0.800. The first-order chi connectivity index (χ1) is 7.22. The zero-order valence-electron chi connectivity index (χ0n) is 9.88. The minimum Gasteiger partial charge on any atom is -0.357 e. The number of carbonyl (C=O) groups is 1. The fourth-order valence-corrected chi connectivity index (χ4v) is 1.14. The third-order valence-electron chi connectivity index (χ3n) is 2.02. The lowest BCUT2D eigenvalue weighted by Crippen LogP contribution is -2.39. The van der Waals surface area contributed by atoms with E-state index in [-0.39, 0.29) is 29.9 Å². The predicted molar refractivity (Wildman–Crippen MR) is 76.2 cm³/mol. The Morgan fingerprint density at radius 1 is 1.38 bits per heavy atom. The minimum atomic E-state index is -0.00893. The molecule has 0 radical (unpaired) electrons. The molecule has 1 aliphatic carbocycles. The molecule has 6 heteroatoms. The summed E-state index contributed by atoms with van der Waals surface area (Å²) in [5.41, 5.74) is 0. The molecule has 1 saturated carbocycles. The molecule has 0 aromatic rings. The lowest BCUT2D eigenvalue weighted by molar-refractivity contribution is -0.118. The van der Waals surface area contributed by atoms with Crippen molar-refractivity contribution in [2.75, 3.05) is 19.6 Å². The Bertz CT molecular complexity index is 241. The number of rotatable bonds is 5. The molecule has 0 aliphatic heterocycles. The maximum Gasteiger partial charge on any atom is 0.216 e. The lowest BCUT2D eigenvalue weighted by atomic mass is 10.6. The third-order valence-corrected chi connectivity index (χ3v) is 2.02. The number of hydrogen-bond acceptors (Lipinski definition) is 2. The van der Waals surface area contributed by atoms with Crippen LogP contribution in [-0.2, 0) is 4.79 Å². The van der Waals surface area contributed by atoms with Crippen LogP contribution < -0.4 is 16.0 Å². The van der Waals surface area contributed by atoms with Crippen LogP contribution >= 0.6 is 24.0 Å². The van der Waals surface area contributed by atoms with Crippen molar-refractivity contribution < 1.29 is 4.79 Å². The highest BCUT2D eigenvalue weighted by Crippen LogP contribution is 2.18. The van der Waals surface area contributed by atoms with Crippen molar-refractivity contribution in [2.45, 2.75) is 32.7 Å². The van der Waals surface area contributed by atoms with E-state index in [2.05, 4.69) is 20.9 Å². The first-order valence-electron chi connectivity index (χ1n) is 5.51. The van der Waals surface area contributed by atoms with Crippen molar-refractivity contribution in [1.29, 1.82) is 0 Å². The molecule has 3 N–H and O–H groups in total. The maximum atomic E-state index is 10.6. The van der Waals surface area contributed by atoms with Gasteiger partial charge in [0.15, 0.2) is 5.96 Å². The summed E-state index contributed by atoms with van der Waals surface area (Å²) in [6, 6.07) is 0.601. The second-order valence-electron chi connectivity index (χ2n) is 3.66. The molecule has 1 rings (SSSR count). The Hall–Kier alpha value is -0.530. The van der Waals surface area contributed by atoms with Gasteiger partial charge in [0.25, 0.3) is 0 Å². The van der Waals surface area contributed by atoms with Crippen molar-refractivity contribution in [3.8, 4) is 0 Å². The zero-order chi connectivity index (χ0) is 11.1. The molecular weight excluding hydrogens is 319 g/mol. The monoisotopic (exact) mass is 340 g/mol. The highest BCUT2D eigenvalue weighted by atomic mass is 127. The normalized spacial score (nSPS) is 15.0. The summed E-state index contributed by atoms with van der Waals surface area (Å²) < 4.78 is 0. The summed E-state index contributed by atoms with van der Waals surface area (Å²) >= 11 is 0. The molecule has 0 heterocycles. The highest BCUT2D eigenvalue weighted by molar-refractivity contribution is 14.0. The predicted octanol–water partition coefficient (Wildman–Crippen LogP) is 0.458. The van der Waals surface area contributed by atoms with Crippen molar-refractivity contribution >= 4 is 35.8 Å². The van der Waals surface area contributed by atoms with E-state index in [0.717, 1.165) is 12.5 Å². The molecule has 0 bridgehead atoms. The Kier molecular flexibility index (Phi) is 8.32. The third kappa shape index (κ3) is 7.72. The molecule has 16 heavy (non-hydrogen) atoms. The van der Waals surface area contributed by atoms with Gasteiger partial charge < -0.3 is 16.0 Å². The number of hydrogen-bond donors (Lipinski definition) is 3. The van der Waals surface area contributed by atoms with E-state index in [1.165, 1.54) is 19.8 Å². The van der Waals surface area contributed by atoms with Crippen LogP contribution in [0.25, 0.3) is 0 Å². The fourth-order valence-electron chi connectivity index (χ4n) is 1.14. The van der Waals surface area contributed by atoms with Gasteiger partial charge in [0.1, 0.15) is 0 Å². The van der Waals surface area contributed by atoms with Crippen molar-refractivity contribution in [3.05, 3.63) is 0 Å². The topological polar surface area (TPSA) is 65.5 Å². The molecule has 1 amide bonds. The number of nitrogens with one attached hydrogen (secondary N) is 3. The summed E-state index contributed by atoms with van der Waals surface area (Å²) in [6.07, 6.45) is 2.46. The molecule has 1 fully saturated rings. The van der Waals surface area contributed by atoms with Crippen molar-refractivity contribution in [1.82, 2.24) is 16.0 Å². The summed E-state index contributed by atoms with van der Waals surface area (Å²) in [4.78, 5) is 15.0. The second-order valence-corrected chi connectivity index (χ2v) is 3.66. The van der Waals surface area contributed by atoms with Crippen LogP contribution in [-0.4, -0.2) is 37.5 Å². The Morgan fingerprint density at radius 2 is 2.06 bits per heavy atom. The highest BCUT2D eigenvalue weighted by Gasteiger charge is 2.21. The Labute approximate surface area is 114 Å². The van der Waals surface area contributed by atoms with Gasteiger partial charge in [-0.1, -0.05) is 0 Å². The van der Waals surface area contributed by atoms with Gasteiger partial charge in [-0.25, -0.2) is 0 Å². The van der Waals surface area contributed by atoms with E-state index >= 15 is 0 Å². The largest absolute Gasteiger partial charge is 0.357 e. The summed E-state index contributed by atoms with van der Waals surface area (Å²) in [6.45, 7) is 5.62. The average Bonchev–Trinajstić information content (AvgIpc) is 2.96.